The number of carboxylic acid groups (broad SMARTS) is 1. The number of nitrogens with zero attached hydrogens (tertiary/aromatic N) is 2. The van der Waals surface area contributed by atoms with Crippen molar-refractivity contribution in [2.45, 2.75) is 25.7 Å². The number of nitrogens with one attached hydrogen (secondary N) is 2. The van der Waals surface area contributed by atoms with Crippen LogP contribution in [0.4, 0.5) is 5.69 Å². The van der Waals surface area contributed by atoms with E-state index in [-0.39, 0.29) is 17.3 Å². The largest absolute Gasteiger partial charge is 0.476 e. The van der Waals surface area contributed by atoms with Gasteiger partial charge in [-0.3, -0.25) is 9.89 Å². The number of aromatic amines is 1. The molecule has 0 aromatic carbocycles. The average molecular weight is 266 g/mol. The van der Waals surface area contributed by atoms with Gasteiger partial charge in [0.25, 0.3) is 0 Å². The zero-order valence-electron chi connectivity index (χ0n) is 10.7. The molecule has 0 radical (unpaired) electrons. The maximum atomic E-state index is 11.8. The lowest BCUT2D eigenvalue weighted by Gasteiger charge is -2.25. The molecule has 0 bridgehead atoms. The van der Waals surface area contributed by atoms with Crippen molar-refractivity contribution in [1.82, 2.24) is 15.1 Å². The van der Waals surface area contributed by atoms with E-state index in [1.807, 2.05) is 0 Å². The molecule has 1 aromatic heterocycles. The number of likely N-dealkylation sites (tertiary alicyclic amines) is 1. The first-order chi connectivity index (χ1) is 9.16. The monoisotopic (exact) mass is 266 g/mol. The second-order valence-corrected chi connectivity index (χ2v) is 4.66. The maximum absolute atomic E-state index is 11.8. The summed E-state index contributed by atoms with van der Waals surface area (Å²) in [6, 6.07) is 0. The molecule has 1 amide bonds. The number of carboxylic acids is 1. The second-order valence-electron chi connectivity index (χ2n) is 4.66. The molecule has 1 saturated heterocycles. The van der Waals surface area contributed by atoms with Gasteiger partial charge in [-0.05, 0) is 25.9 Å². The molecule has 0 saturated carbocycles. The highest BCUT2D eigenvalue weighted by Gasteiger charge is 2.16. The van der Waals surface area contributed by atoms with Gasteiger partial charge in [-0.1, -0.05) is 6.42 Å². The van der Waals surface area contributed by atoms with Crippen LogP contribution in [0.1, 0.15) is 36.2 Å². The minimum absolute atomic E-state index is 0.0914. The molecule has 0 aliphatic carbocycles. The number of hydrogen-bond donors (Lipinski definition) is 3. The van der Waals surface area contributed by atoms with E-state index in [0.29, 0.717) is 13.0 Å². The van der Waals surface area contributed by atoms with Crippen molar-refractivity contribution < 1.29 is 14.7 Å². The number of H-pyrrole nitrogens is 1. The molecule has 0 atom stereocenters. The number of aromatic carboxylic acids is 1. The van der Waals surface area contributed by atoms with Crippen molar-refractivity contribution in [2.75, 3.05) is 25.0 Å². The minimum atomic E-state index is -1.14. The standard InChI is InChI=1S/C12H18N4O3/c17-10(4-7-16-5-2-1-3-6-16)14-9-8-13-15-11(9)12(18)19/h8H,1-7H2,(H,13,15)(H,14,17)(H,18,19). The summed E-state index contributed by atoms with van der Waals surface area (Å²) in [5, 5.41) is 17.4. The lowest BCUT2D eigenvalue weighted by Crippen LogP contribution is -2.32. The summed E-state index contributed by atoms with van der Waals surface area (Å²) in [4.78, 5) is 24.9. The quantitative estimate of drug-likeness (QED) is 0.736. The first-order valence-corrected chi connectivity index (χ1v) is 6.45. The van der Waals surface area contributed by atoms with Gasteiger partial charge in [0, 0.05) is 13.0 Å². The van der Waals surface area contributed by atoms with Gasteiger partial charge >= 0.3 is 5.97 Å². The molecule has 0 unspecified atom stereocenters. The van der Waals surface area contributed by atoms with Crippen LogP contribution in [-0.2, 0) is 4.79 Å². The SMILES string of the molecule is O=C(CCN1CCCCC1)Nc1cn[nH]c1C(=O)O. The van der Waals surface area contributed by atoms with Gasteiger partial charge in [0.15, 0.2) is 5.69 Å². The van der Waals surface area contributed by atoms with Crippen LogP contribution < -0.4 is 5.32 Å². The Bertz CT molecular complexity index is 452. The first kappa shape index (κ1) is 13.5. The molecular weight excluding hydrogens is 248 g/mol. The number of carbonyl (C=O) groups excluding carboxylic acids is 1. The number of anilines is 1. The van der Waals surface area contributed by atoms with Gasteiger partial charge in [-0.2, -0.15) is 5.10 Å². The molecule has 104 valence electrons. The zero-order valence-corrected chi connectivity index (χ0v) is 10.7. The Morgan fingerprint density at radius 1 is 1.37 bits per heavy atom. The number of hydrogen-bond acceptors (Lipinski definition) is 4. The van der Waals surface area contributed by atoms with E-state index < -0.39 is 5.97 Å². The van der Waals surface area contributed by atoms with Crippen molar-refractivity contribution in [3.63, 3.8) is 0 Å². The van der Waals surface area contributed by atoms with Gasteiger partial charge in [0.2, 0.25) is 5.91 Å². The number of carbonyl (C=O) groups is 2. The van der Waals surface area contributed by atoms with Crippen LogP contribution in [0.25, 0.3) is 0 Å². The van der Waals surface area contributed by atoms with Gasteiger partial charge in [-0.25, -0.2) is 4.79 Å². The summed E-state index contributed by atoms with van der Waals surface area (Å²) in [6.45, 7) is 2.80. The Labute approximate surface area is 111 Å². The molecule has 19 heavy (non-hydrogen) atoms. The van der Waals surface area contributed by atoms with Crippen LogP contribution in [0.2, 0.25) is 0 Å². The van der Waals surface area contributed by atoms with E-state index >= 15 is 0 Å². The summed E-state index contributed by atoms with van der Waals surface area (Å²) in [7, 11) is 0. The van der Waals surface area contributed by atoms with E-state index in [9.17, 15) is 9.59 Å². The van der Waals surface area contributed by atoms with E-state index in [2.05, 4.69) is 20.4 Å². The third-order valence-electron chi connectivity index (χ3n) is 3.23. The van der Waals surface area contributed by atoms with Crippen LogP contribution in [0.5, 0.6) is 0 Å². The van der Waals surface area contributed by atoms with Gasteiger partial charge in [0.05, 0.1) is 11.9 Å². The average Bonchev–Trinajstić information content (AvgIpc) is 2.86. The van der Waals surface area contributed by atoms with Crippen LogP contribution in [-0.4, -0.2) is 51.7 Å². The van der Waals surface area contributed by atoms with Crippen molar-refractivity contribution in [2.24, 2.45) is 0 Å². The van der Waals surface area contributed by atoms with Gasteiger partial charge in [0.1, 0.15) is 0 Å². The highest BCUT2D eigenvalue weighted by molar-refractivity contribution is 5.98. The molecule has 1 aliphatic heterocycles. The normalized spacial score (nSPS) is 16.2. The van der Waals surface area contributed by atoms with Crippen LogP contribution in [0, 0.1) is 0 Å². The molecule has 0 spiro atoms. The van der Waals surface area contributed by atoms with Crippen LogP contribution in [0.3, 0.4) is 0 Å². The molecule has 7 heteroatoms. The van der Waals surface area contributed by atoms with Crippen LogP contribution >= 0.6 is 0 Å². The van der Waals surface area contributed by atoms with Crippen molar-refractivity contribution in [1.29, 1.82) is 0 Å². The first-order valence-electron chi connectivity index (χ1n) is 6.45. The molecule has 1 fully saturated rings. The Balaban J connectivity index is 1.80. The Morgan fingerprint density at radius 2 is 2.11 bits per heavy atom. The summed E-state index contributed by atoms with van der Waals surface area (Å²) >= 11 is 0. The third-order valence-corrected chi connectivity index (χ3v) is 3.23. The Hall–Kier alpha value is -1.89. The van der Waals surface area contributed by atoms with Crippen molar-refractivity contribution in [3.8, 4) is 0 Å². The minimum Gasteiger partial charge on any atom is -0.476 e. The summed E-state index contributed by atoms with van der Waals surface area (Å²) in [6.07, 6.45) is 5.31. The molecule has 3 N–H and O–H groups in total. The number of piperidine rings is 1. The highest BCUT2D eigenvalue weighted by Crippen LogP contribution is 2.12. The molecule has 1 aromatic rings. The lowest BCUT2D eigenvalue weighted by atomic mass is 10.1. The van der Waals surface area contributed by atoms with E-state index in [1.54, 1.807) is 0 Å². The number of rotatable bonds is 5. The fourth-order valence-corrected chi connectivity index (χ4v) is 2.20. The summed E-state index contributed by atoms with van der Waals surface area (Å²) in [5.74, 6) is -1.32. The highest BCUT2D eigenvalue weighted by atomic mass is 16.4. The van der Waals surface area contributed by atoms with E-state index in [0.717, 1.165) is 13.1 Å². The van der Waals surface area contributed by atoms with Crippen molar-refractivity contribution in [3.05, 3.63) is 11.9 Å². The second kappa shape index (κ2) is 6.33. The zero-order chi connectivity index (χ0) is 13.7. The molecule has 2 rings (SSSR count). The topological polar surface area (TPSA) is 98.3 Å². The summed E-state index contributed by atoms with van der Waals surface area (Å²) < 4.78 is 0. The molecular formula is C12H18N4O3. The van der Waals surface area contributed by atoms with Crippen LogP contribution in [0.15, 0.2) is 6.20 Å². The van der Waals surface area contributed by atoms with E-state index in [4.69, 9.17) is 5.11 Å². The lowest BCUT2D eigenvalue weighted by molar-refractivity contribution is -0.116. The number of aromatic nitrogens is 2. The fourth-order valence-electron chi connectivity index (χ4n) is 2.20. The van der Waals surface area contributed by atoms with Crippen molar-refractivity contribution >= 4 is 17.6 Å². The molecule has 1 aliphatic rings. The molecule has 2 heterocycles. The Kier molecular flexibility index (Phi) is 4.51. The fraction of sp³-hybridized carbons (Fsp3) is 0.583. The number of amides is 1. The summed E-state index contributed by atoms with van der Waals surface area (Å²) in [5.41, 5.74) is 0.127. The molecule has 7 nitrogen and oxygen atoms in total. The Morgan fingerprint density at radius 3 is 2.79 bits per heavy atom. The predicted molar refractivity (Wildman–Crippen MR) is 69.1 cm³/mol. The van der Waals surface area contributed by atoms with Gasteiger partial charge < -0.3 is 15.3 Å². The van der Waals surface area contributed by atoms with E-state index in [1.165, 1.54) is 25.5 Å². The smallest absolute Gasteiger partial charge is 0.356 e. The third kappa shape index (κ3) is 3.78. The van der Waals surface area contributed by atoms with Gasteiger partial charge in [-0.15, -0.1) is 0 Å². The maximum Gasteiger partial charge on any atom is 0.356 e. The predicted octanol–water partition coefficient (Wildman–Crippen LogP) is 0.922.